The van der Waals surface area contributed by atoms with Gasteiger partial charge >= 0.3 is 0 Å². The molecule has 96 valence electrons. The summed E-state index contributed by atoms with van der Waals surface area (Å²) >= 11 is 9.65. The minimum Gasteiger partial charge on any atom is -0.441 e. The van der Waals surface area contributed by atoms with Crippen LogP contribution in [0.25, 0.3) is 11.1 Å². The topological polar surface area (TPSA) is 26.0 Å². The third kappa shape index (κ3) is 2.82. The van der Waals surface area contributed by atoms with E-state index in [0.717, 1.165) is 27.6 Å². The van der Waals surface area contributed by atoms with Crippen molar-refractivity contribution in [2.45, 2.75) is 11.2 Å². The van der Waals surface area contributed by atoms with E-state index >= 15 is 0 Å². The molecule has 0 amide bonds. The van der Waals surface area contributed by atoms with Crippen molar-refractivity contribution in [3.63, 3.8) is 0 Å². The second kappa shape index (κ2) is 5.35. The minimum atomic E-state index is 0.138. The number of para-hydroxylation sites is 2. The number of halogens is 2. The van der Waals surface area contributed by atoms with E-state index in [1.165, 1.54) is 0 Å². The van der Waals surface area contributed by atoms with Crippen LogP contribution in [0.2, 0.25) is 5.02 Å². The van der Waals surface area contributed by atoms with Crippen LogP contribution < -0.4 is 0 Å². The maximum atomic E-state index is 6.00. The van der Waals surface area contributed by atoms with Gasteiger partial charge in [0.2, 0.25) is 0 Å². The van der Waals surface area contributed by atoms with Crippen molar-refractivity contribution in [2.75, 3.05) is 0 Å². The number of aromatic nitrogens is 1. The molecule has 0 N–H and O–H groups in total. The maximum absolute atomic E-state index is 6.00. The van der Waals surface area contributed by atoms with E-state index < -0.39 is 0 Å². The van der Waals surface area contributed by atoms with E-state index in [1.54, 1.807) is 0 Å². The Labute approximate surface area is 124 Å². The van der Waals surface area contributed by atoms with Crippen LogP contribution >= 0.6 is 27.5 Å². The van der Waals surface area contributed by atoms with Crippen LogP contribution in [0.15, 0.2) is 52.9 Å². The van der Waals surface area contributed by atoms with E-state index in [0.29, 0.717) is 6.42 Å². The number of hydrogen-bond acceptors (Lipinski definition) is 2. The highest BCUT2D eigenvalue weighted by Gasteiger charge is 2.13. The van der Waals surface area contributed by atoms with Gasteiger partial charge in [-0.2, -0.15) is 0 Å². The molecule has 2 aromatic carbocycles. The monoisotopic (exact) mass is 335 g/mol. The minimum absolute atomic E-state index is 0.138. The van der Waals surface area contributed by atoms with Crippen molar-refractivity contribution < 1.29 is 4.42 Å². The molecule has 1 heterocycles. The number of nitrogens with zero attached hydrogens (tertiary/aromatic N) is 1. The number of fused-ring (bicyclic) bond motifs is 1. The molecule has 0 spiro atoms. The second-order valence-electron chi connectivity index (χ2n) is 4.30. The van der Waals surface area contributed by atoms with Crippen molar-refractivity contribution >= 4 is 38.6 Å². The van der Waals surface area contributed by atoms with E-state index in [4.69, 9.17) is 16.0 Å². The normalized spacial score (nSPS) is 12.7. The molecular weight excluding hydrogens is 326 g/mol. The van der Waals surface area contributed by atoms with Gasteiger partial charge in [-0.05, 0) is 29.8 Å². The van der Waals surface area contributed by atoms with E-state index in [-0.39, 0.29) is 4.83 Å². The summed E-state index contributed by atoms with van der Waals surface area (Å²) in [5, 5.41) is 0.736. The lowest BCUT2D eigenvalue weighted by atomic mass is 10.1. The summed E-state index contributed by atoms with van der Waals surface area (Å²) in [6.45, 7) is 0. The number of rotatable bonds is 3. The van der Waals surface area contributed by atoms with Gasteiger partial charge in [0.1, 0.15) is 5.52 Å². The predicted molar refractivity (Wildman–Crippen MR) is 80.8 cm³/mol. The quantitative estimate of drug-likeness (QED) is 0.617. The SMILES string of the molecule is Clc1cccc(C(Br)Cc2nc3ccccc3o2)c1. The highest BCUT2D eigenvalue weighted by Crippen LogP contribution is 2.29. The van der Waals surface area contributed by atoms with Crippen LogP contribution in [0, 0.1) is 0 Å². The smallest absolute Gasteiger partial charge is 0.196 e. The summed E-state index contributed by atoms with van der Waals surface area (Å²) in [7, 11) is 0. The van der Waals surface area contributed by atoms with Crippen LogP contribution in [-0.4, -0.2) is 4.98 Å². The summed E-state index contributed by atoms with van der Waals surface area (Å²) < 4.78 is 5.72. The van der Waals surface area contributed by atoms with Gasteiger partial charge in [0.25, 0.3) is 0 Å². The summed E-state index contributed by atoms with van der Waals surface area (Å²) in [6, 6.07) is 15.6. The molecule has 1 atom stereocenters. The van der Waals surface area contributed by atoms with Crippen molar-refractivity contribution in [1.29, 1.82) is 0 Å². The first-order chi connectivity index (χ1) is 9.22. The largest absolute Gasteiger partial charge is 0.441 e. The summed E-state index contributed by atoms with van der Waals surface area (Å²) in [5.74, 6) is 0.725. The fourth-order valence-electron chi connectivity index (χ4n) is 1.98. The van der Waals surface area contributed by atoms with Crippen LogP contribution in [-0.2, 0) is 6.42 Å². The lowest BCUT2D eigenvalue weighted by Gasteiger charge is -2.07. The molecule has 0 saturated heterocycles. The third-order valence-electron chi connectivity index (χ3n) is 2.90. The Balaban J connectivity index is 1.84. The Morgan fingerprint density at radius 2 is 2.00 bits per heavy atom. The number of benzene rings is 2. The summed E-state index contributed by atoms with van der Waals surface area (Å²) in [5.41, 5.74) is 2.83. The summed E-state index contributed by atoms with van der Waals surface area (Å²) in [6.07, 6.45) is 0.690. The third-order valence-corrected chi connectivity index (χ3v) is 3.99. The van der Waals surface area contributed by atoms with Crippen molar-refractivity contribution in [1.82, 2.24) is 4.98 Å². The van der Waals surface area contributed by atoms with Gasteiger partial charge < -0.3 is 4.42 Å². The number of alkyl halides is 1. The van der Waals surface area contributed by atoms with Crippen molar-refractivity contribution in [2.24, 2.45) is 0 Å². The molecule has 1 unspecified atom stereocenters. The standard InChI is InChI=1S/C15H11BrClNO/c16-12(10-4-3-5-11(17)8-10)9-15-18-13-6-1-2-7-14(13)19-15/h1-8,12H,9H2. The highest BCUT2D eigenvalue weighted by molar-refractivity contribution is 9.09. The van der Waals surface area contributed by atoms with Gasteiger partial charge in [-0.15, -0.1) is 0 Å². The zero-order chi connectivity index (χ0) is 13.2. The Bertz CT molecular complexity index is 677. The molecular formula is C15H11BrClNO. The van der Waals surface area contributed by atoms with Gasteiger partial charge in [0.05, 0.1) is 0 Å². The molecule has 3 aromatic rings. The lowest BCUT2D eigenvalue weighted by molar-refractivity contribution is 0.527. The fraction of sp³-hybridized carbons (Fsp3) is 0.133. The Morgan fingerprint density at radius 1 is 1.16 bits per heavy atom. The fourth-order valence-corrected chi connectivity index (χ4v) is 2.74. The Hall–Kier alpha value is -1.32. The molecule has 0 aliphatic carbocycles. The molecule has 0 bridgehead atoms. The van der Waals surface area contributed by atoms with Crippen molar-refractivity contribution in [3.8, 4) is 0 Å². The molecule has 0 radical (unpaired) electrons. The molecule has 0 fully saturated rings. The molecule has 2 nitrogen and oxygen atoms in total. The molecule has 19 heavy (non-hydrogen) atoms. The Kier molecular flexibility index (Phi) is 3.58. The van der Waals surface area contributed by atoms with E-state index in [2.05, 4.69) is 20.9 Å². The van der Waals surface area contributed by atoms with Crippen LogP contribution in [0.5, 0.6) is 0 Å². The molecule has 4 heteroatoms. The Morgan fingerprint density at radius 3 is 2.79 bits per heavy atom. The summed E-state index contributed by atoms with van der Waals surface area (Å²) in [4.78, 5) is 4.61. The van der Waals surface area contributed by atoms with Crippen LogP contribution in [0.3, 0.4) is 0 Å². The number of hydrogen-bond donors (Lipinski definition) is 0. The molecule has 0 aliphatic rings. The first-order valence-electron chi connectivity index (χ1n) is 5.96. The van der Waals surface area contributed by atoms with Gasteiger partial charge in [-0.25, -0.2) is 4.98 Å². The zero-order valence-electron chi connectivity index (χ0n) is 10.0. The predicted octanol–water partition coefficient (Wildman–Crippen LogP) is 5.16. The molecule has 1 aromatic heterocycles. The van der Waals surface area contributed by atoms with Gasteiger partial charge in [-0.1, -0.05) is 51.8 Å². The molecule has 0 saturated carbocycles. The van der Waals surface area contributed by atoms with Gasteiger partial charge in [0.15, 0.2) is 11.5 Å². The van der Waals surface area contributed by atoms with Crippen LogP contribution in [0.4, 0.5) is 0 Å². The zero-order valence-corrected chi connectivity index (χ0v) is 12.4. The first-order valence-corrected chi connectivity index (χ1v) is 7.26. The van der Waals surface area contributed by atoms with E-state index in [1.807, 2.05) is 48.5 Å². The highest BCUT2D eigenvalue weighted by atomic mass is 79.9. The molecule has 0 aliphatic heterocycles. The van der Waals surface area contributed by atoms with E-state index in [9.17, 15) is 0 Å². The average Bonchev–Trinajstić information content (AvgIpc) is 2.80. The lowest BCUT2D eigenvalue weighted by Crippen LogP contribution is -1.95. The molecule has 3 rings (SSSR count). The number of oxazole rings is 1. The van der Waals surface area contributed by atoms with Crippen LogP contribution in [0.1, 0.15) is 16.3 Å². The first kappa shape index (κ1) is 12.7. The van der Waals surface area contributed by atoms with Crippen molar-refractivity contribution in [3.05, 3.63) is 65.0 Å². The van der Waals surface area contributed by atoms with Gasteiger partial charge in [0, 0.05) is 16.3 Å². The van der Waals surface area contributed by atoms with Gasteiger partial charge in [-0.3, -0.25) is 0 Å². The maximum Gasteiger partial charge on any atom is 0.196 e. The average molecular weight is 337 g/mol. The second-order valence-corrected chi connectivity index (χ2v) is 5.84.